The lowest BCUT2D eigenvalue weighted by atomic mass is 10.0. The number of nitrogens with one attached hydrogen (secondary N) is 1. The van der Waals surface area contributed by atoms with Crippen LogP contribution in [0.5, 0.6) is 5.75 Å². The lowest BCUT2D eigenvalue weighted by Crippen LogP contribution is -2.20. The maximum Gasteiger partial charge on any atom is 0.147 e. The Balaban J connectivity index is 1.91. The van der Waals surface area contributed by atoms with Crippen LogP contribution in [-0.2, 0) is 0 Å². The molecule has 0 aromatic heterocycles. The Labute approximate surface area is 133 Å². The smallest absolute Gasteiger partial charge is 0.147 e. The van der Waals surface area contributed by atoms with Crippen molar-refractivity contribution in [2.45, 2.75) is 12.5 Å². The van der Waals surface area contributed by atoms with E-state index < -0.39 is 0 Å². The molecule has 104 valence electrons. The quantitative estimate of drug-likeness (QED) is 0.739. The van der Waals surface area contributed by atoms with E-state index >= 15 is 0 Å². The molecule has 1 atom stereocenters. The number of rotatable bonds is 2. The molecule has 0 spiro atoms. The zero-order chi connectivity index (χ0) is 14.1. The van der Waals surface area contributed by atoms with Crippen LogP contribution in [-0.4, -0.2) is 6.61 Å². The number of hydrogen-bond acceptors (Lipinski definition) is 2. The molecule has 1 aliphatic rings. The summed E-state index contributed by atoms with van der Waals surface area (Å²) in [6.07, 6.45) is 0.805. The van der Waals surface area contributed by atoms with E-state index in [-0.39, 0.29) is 11.9 Å². The Bertz CT molecular complexity index is 648. The Morgan fingerprint density at radius 3 is 2.65 bits per heavy atom. The first-order valence-corrected chi connectivity index (χ1v) is 7.86. The third kappa shape index (κ3) is 2.83. The van der Waals surface area contributed by atoms with Crippen molar-refractivity contribution in [3.63, 3.8) is 0 Å². The van der Waals surface area contributed by atoms with Crippen LogP contribution in [0.4, 0.5) is 10.1 Å². The van der Waals surface area contributed by atoms with E-state index in [4.69, 9.17) is 4.74 Å². The van der Waals surface area contributed by atoms with E-state index in [1.165, 1.54) is 6.07 Å². The van der Waals surface area contributed by atoms with Crippen LogP contribution in [0.1, 0.15) is 18.0 Å². The second kappa shape index (κ2) is 5.74. The van der Waals surface area contributed by atoms with Crippen molar-refractivity contribution >= 4 is 37.5 Å². The Morgan fingerprint density at radius 1 is 1.10 bits per heavy atom. The Morgan fingerprint density at radius 2 is 1.85 bits per heavy atom. The summed E-state index contributed by atoms with van der Waals surface area (Å²) in [7, 11) is 0. The summed E-state index contributed by atoms with van der Waals surface area (Å²) in [6.45, 7) is 0.629. The maximum absolute atomic E-state index is 13.9. The van der Waals surface area contributed by atoms with E-state index in [1.54, 1.807) is 6.07 Å². The van der Waals surface area contributed by atoms with E-state index in [1.807, 2.05) is 24.3 Å². The third-order valence-corrected chi connectivity index (χ3v) is 4.26. The molecule has 1 N–H and O–H groups in total. The van der Waals surface area contributed by atoms with Gasteiger partial charge in [-0.3, -0.25) is 0 Å². The number of benzene rings is 2. The summed E-state index contributed by atoms with van der Waals surface area (Å²) in [5, 5.41) is 3.26. The van der Waals surface area contributed by atoms with Crippen molar-refractivity contribution in [2.75, 3.05) is 11.9 Å². The van der Waals surface area contributed by atoms with Gasteiger partial charge in [0.15, 0.2) is 0 Å². The van der Waals surface area contributed by atoms with Gasteiger partial charge in [0.25, 0.3) is 0 Å². The minimum Gasteiger partial charge on any atom is -0.493 e. The molecule has 1 unspecified atom stereocenters. The molecule has 20 heavy (non-hydrogen) atoms. The molecule has 0 saturated heterocycles. The van der Waals surface area contributed by atoms with Crippen LogP contribution >= 0.6 is 31.9 Å². The summed E-state index contributed by atoms with van der Waals surface area (Å²) < 4.78 is 21.3. The number of anilines is 1. The second-order valence-corrected chi connectivity index (χ2v) is 6.47. The molecule has 1 aliphatic heterocycles. The molecule has 0 bridgehead atoms. The number of hydrogen-bond donors (Lipinski definition) is 1. The van der Waals surface area contributed by atoms with Crippen molar-refractivity contribution < 1.29 is 9.13 Å². The first kappa shape index (κ1) is 13.9. The van der Waals surface area contributed by atoms with Crippen molar-refractivity contribution in [2.24, 2.45) is 0 Å². The molecule has 0 radical (unpaired) electrons. The highest BCUT2D eigenvalue weighted by Gasteiger charge is 2.22. The van der Waals surface area contributed by atoms with Crippen LogP contribution in [0.25, 0.3) is 0 Å². The van der Waals surface area contributed by atoms with Gasteiger partial charge in [-0.1, -0.05) is 31.9 Å². The molecule has 0 amide bonds. The van der Waals surface area contributed by atoms with Gasteiger partial charge in [-0.2, -0.15) is 0 Å². The molecule has 2 nitrogen and oxygen atoms in total. The summed E-state index contributed by atoms with van der Waals surface area (Å²) in [5.74, 6) is 0.594. The van der Waals surface area contributed by atoms with Crippen LogP contribution < -0.4 is 10.1 Å². The largest absolute Gasteiger partial charge is 0.493 e. The fourth-order valence-corrected chi connectivity index (χ4v) is 3.02. The number of ether oxygens (including phenoxy) is 1. The van der Waals surface area contributed by atoms with Gasteiger partial charge in [-0.05, 0) is 36.4 Å². The average Bonchev–Trinajstić information content (AvgIpc) is 2.42. The number of halogens is 3. The summed E-state index contributed by atoms with van der Waals surface area (Å²) in [6, 6.07) is 11.0. The van der Waals surface area contributed by atoms with Gasteiger partial charge in [0.05, 0.1) is 18.3 Å². The summed E-state index contributed by atoms with van der Waals surface area (Å²) in [4.78, 5) is 0. The molecule has 1 heterocycles. The van der Waals surface area contributed by atoms with Crippen LogP contribution in [0.3, 0.4) is 0 Å². The third-order valence-electron chi connectivity index (χ3n) is 3.27. The molecule has 0 saturated carbocycles. The highest BCUT2D eigenvalue weighted by molar-refractivity contribution is 9.10. The van der Waals surface area contributed by atoms with Gasteiger partial charge in [0.2, 0.25) is 0 Å². The Hall–Kier alpha value is -1.07. The van der Waals surface area contributed by atoms with Crippen molar-refractivity contribution in [1.82, 2.24) is 0 Å². The van der Waals surface area contributed by atoms with E-state index in [0.717, 1.165) is 26.7 Å². The molecule has 5 heteroatoms. The lowest BCUT2D eigenvalue weighted by molar-refractivity contribution is 0.274. The van der Waals surface area contributed by atoms with Crippen molar-refractivity contribution in [1.29, 1.82) is 0 Å². The molecular weight excluding hydrogens is 389 g/mol. The fraction of sp³-hybridized carbons (Fsp3) is 0.200. The van der Waals surface area contributed by atoms with Crippen LogP contribution in [0.2, 0.25) is 0 Å². The molecule has 0 aliphatic carbocycles. The lowest BCUT2D eigenvalue weighted by Gasteiger charge is -2.28. The van der Waals surface area contributed by atoms with Gasteiger partial charge in [0.1, 0.15) is 11.6 Å². The maximum atomic E-state index is 13.9. The minimum absolute atomic E-state index is 0.0481. The predicted octanol–water partition coefficient (Wildman–Crippen LogP) is 5.29. The van der Waals surface area contributed by atoms with Gasteiger partial charge in [0, 0.05) is 20.9 Å². The van der Waals surface area contributed by atoms with Crippen LogP contribution in [0.15, 0.2) is 45.3 Å². The van der Waals surface area contributed by atoms with Crippen LogP contribution in [0, 0.1) is 5.82 Å². The standard InChI is InChI=1S/C15H12Br2FNO/c16-9-2-4-15-11(7-9)13(5-6-20-15)19-14-3-1-10(17)8-12(14)18/h1-4,7-8,13,19H,5-6H2. The van der Waals surface area contributed by atoms with E-state index in [9.17, 15) is 4.39 Å². The van der Waals surface area contributed by atoms with Crippen molar-refractivity contribution in [3.05, 3.63) is 56.7 Å². The second-order valence-electron chi connectivity index (χ2n) is 4.64. The fourth-order valence-electron chi connectivity index (χ4n) is 2.31. The molecule has 2 aromatic carbocycles. The average molecular weight is 401 g/mol. The van der Waals surface area contributed by atoms with Gasteiger partial charge in [-0.15, -0.1) is 0 Å². The van der Waals surface area contributed by atoms with Gasteiger partial charge < -0.3 is 10.1 Å². The highest BCUT2D eigenvalue weighted by Crippen LogP contribution is 2.36. The van der Waals surface area contributed by atoms with Crippen molar-refractivity contribution in [3.8, 4) is 5.75 Å². The van der Waals surface area contributed by atoms with Gasteiger partial charge in [-0.25, -0.2) is 4.39 Å². The zero-order valence-electron chi connectivity index (χ0n) is 10.5. The van der Waals surface area contributed by atoms with Gasteiger partial charge >= 0.3 is 0 Å². The topological polar surface area (TPSA) is 21.3 Å². The Kier molecular flexibility index (Phi) is 3.98. The SMILES string of the molecule is Fc1cc(Br)ccc1NC1CCOc2ccc(Br)cc21. The molecule has 3 rings (SSSR count). The number of fused-ring (bicyclic) bond motifs is 1. The highest BCUT2D eigenvalue weighted by atomic mass is 79.9. The van der Waals surface area contributed by atoms with E-state index in [2.05, 4.69) is 37.2 Å². The molecule has 2 aromatic rings. The van der Waals surface area contributed by atoms with E-state index in [0.29, 0.717) is 12.3 Å². The molecular formula is C15H12Br2FNO. The minimum atomic E-state index is -0.262. The predicted molar refractivity (Wildman–Crippen MR) is 84.7 cm³/mol. The zero-order valence-corrected chi connectivity index (χ0v) is 13.7. The monoisotopic (exact) mass is 399 g/mol. The summed E-state index contributed by atoms with van der Waals surface area (Å²) in [5.41, 5.74) is 1.55. The first-order valence-electron chi connectivity index (χ1n) is 6.27. The summed E-state index contributed by atoms with van der Waals surface area (Å²) >= 11 is 6.73. The normalized spacial score (nSPS) is 17.2. The molecule has 0 fully saturated rings. The first-order chi connectivity index (χ1) is 9.63.